The number of aryl methyl sites for hydroxylation is 1. The predicted molar refractivity (Wildman–Crippen MR) is 91.4 cm³/mol. The molecule has 24 heavy (non-hydrogen) atoms. The number of ether oxygens (including phenoxy) is 1. The minimum atomic E-state index is -0.465. The zero-order chi connectivity index (χ0) is 17.9. The number of nitrogens with zero attached hydrogens (tertiary/aromatic N) is 1. The summed E-state index contributed by atoms with van der Waals surface area (Å²) in [6.07, 6.45) is 0.191. The maximum atomic E-state index is 12.3. The molecular weight excluding hydrogens is 353 g/mol. The monoisotopic (exact) mass is 369 g/mol. The summed E-state index contributed by atoms with van der Waals surface area (Å²) in [6.45, 7) is 1.92. The molecule has 0 radical (unpaired) electrons. The zero-order valence-corrected chi connectivity index (χ0v) is 15.1. The van der Waals surface area contributed by atoms with Crippen LogP contribution in [0.15, 0.2) is 28.7 Å². The summed E-state index contributed by atoms with van der Waals surface area (Å²) < 4.78 is 10.2. The third kappa shape index (κ3) is 4.30. The van der Waals surface area contributed by atoms with Crippen LogP contribution in [0.4, 0.5) is 0 Å². The average molecular weight is 370 g/mol. The van der Waals surface area contributed by atoms with Gasteiger partial charge in [0.05, 0.1) is 30.1 Å². The number of benzene rings is 1. The number of carbonyl (C=O) groups is 2. The van der Waals surface area contributed by atoms with Crippen LogP contribution in [-0.4, -0.2) is 30.9 Å². The van der Waals surface area contributed by atoms with Gasteiger partial charge in [-0.2, -0.15) is 0 Å². The molecule has 0 saturated carbocycles. The molecule has 0 aliphatic carbocycles. The maximum Gasteiger partial charge on any atom is 0.341 e. The van der Waals surface area contributed by atoms with Gasteiger partial charge in [-0.25, -0.2) is 4.79 Å². The van der Waals surface area contributed by atoms with Crippen LogP contribution in [0, 0.1) is 6.92 Å². The van der Waals surface area contributed by atoms with Crippen molar-refractivity contribution in [3.05, 3.63) is 57.0 Å². The number of esters is 1. The van der Waals surface area contributed by atoms with Gasteiger partial charge in [0.2, 0.25) is 5.91 Å². The van der Waals surface area contributed by atoms with Crippen molar-refractivity contribution < 1.29 is 18.7 Å². The fraction of sp³-hybridized carbons (Fsp3) is 0.294. The predicted octanol–water partition coefficient (Wildman–Crippen LogP) is 3.88. The van der Waals surface area contributed by atoms with Crippen LogP contribution < -0.4 is 0 Å². The van der Waals surface area contributed by atoms with Gasteiger partial charge < -0.3 is 14.1 Å². The molecule has 0 aliphatic rings. The Balaban J connectivity index is 2.03. The van der Waals surface area contributed by atoms with E-state index in [-0.39, 0.29) is 18.9 Å². The second kappa shape index (κ2) is 7.73. The summed E-state index contributed by atoms with van der Waals surface area (Å²) in [4.78, 5) is 25.4. The normalized spacial score (nSPS) is 10.5. The minimum absolute atomic E-state index is 0.109. The van der Waals surface area contributed by atoms with Gasteiger partial charge in [0.15, 0.2) is 0 Å². The van der Waals surface area contributed by atoms with Gasteiger partial charge in [-0.1, -0.05) is 29.3 Å². The number of hydrogen-bond acceptors (Lipinski definition) is 4. The number of hydrogen-bond donors (Lipinski definition) is 0. The van der Waals surface area contributed by atoms with Crippen LogP contribution in [0.2, 0.25) is 10.0 Å². The van der Waals surface area contributed by atoms with E-state index in [1.165, 1.54) is 12.0 Å². The number of likely N-dealkylation sites (N-methyl/N-ethyl adjacent to an activating group) is 1. The van der Waals surface area contributed by atoms with Gasteiger partial charge in [-0.15, -0.1) is 0 Å². The fourth-order valence-corrected chi connectivity index (χ4v) is 2.54. The molecule has 0 bridgehead atoms. The number of amides is 1. The SMILES string of the molecule is COC(=O)c1cc(CN(C)C(=O)Cc2ccc(Cl)c(Cl)c2)oc1C. The van der Waals surface area contributed by atoms with Crippen molar-refractivity contribution in [3.8, 4) is 0 Å². The molecule has 2 rings (SSSR count). The van der Waals surface area contributed by atoms with Crippen LogP contribution in [0.1, 0.15) is 27.4 Å². The van der Waals surface area contributed by atoms with E-state index in [4.69, 9.17) is 27.6 Å². The highest BCUT2D eigenvalue weighted by Crippen LogP contribution is 2.23. The summed E-state index contributed by atoms with van der Waals surface area (Å²) in [5.41, 5.74) is 1.13. The van der Waals surface area contributed by atoms with Gasteiger partial charge >= 0.3 is 5.97 Å². The van der Waals surface area contributed by atoms with Crippen molar-refractivity contribution in [2.75, 3.05) is 14.2 Å². The van der Waals surface area contributed by atoms with E-state index in [9.17, 15) is 9.59 Å². The summed E-state index contributed by atoms with van der Waals surface area (Å²) >= 11 is 11.8. The highest BCUT2D eigenvalue weighted by Gasteiger charge is 2.18. The Hall–Kier alpha value is -1.98. The Morgan fingerprint density at radius 1 is 1.21 bits per heavy atom. The standard InChI is InChI=1S/C17H17Cl2NO4/c1-10-13(17(22)23-3)8-12(24-10)9-20(2)16(21)7-11-4-5-14(18)15(19)6-11/h4-6,8H,7,9H2,1-3H3. The van der Waals surface area contributed by atoms with E-state index in [0.717, 1.165) is 5.56 Å². The van der Waals surface area contributed by atoms with Crippen LogP contribution in [0.3, 0.4) is 0 Å². The molecule has 128 valence electrons. The third-order valence-corrected chi connectivity index (χ3v) is 4.27. The lowest BCUT2D eigenvalue weighted by Gasteiger charge is -2.16. The molecule has 2 aromatic rings. The summed E-state index contributed by atoms with van der Waals surface area (Å²) in [5, 5.41) is 0.858. The molecule has 7 heteroatoms. The second-order valence-electron chi connectivity index (χ2n) is 5.35. The lowest BCUT2D eigenvalue weighted by molar-refractivity contribution is -0.129. The van der Waals surface area contributed by atoms with Crippen molar-refractivity contribution in [3.63, 3.8) is 0 Å². The first-order valence-corrected chi connectivity index (χ1v) is 7.93. The first-order chi connectivity index (χ1) is 11.3. The van der Waals surface area contributed by atoms with Crippen molar-refractivity contribution in [1.82, 2.24) is 4.90 Å². The molecule has 0 fully saturated rings. The summed E-state index contributed by atoms with van der Waals surface area (Å²) in [7, 11) is 2.97. The van der Waals surface area contributed by atoms with Crippen LogP contribution >= 0.6 is 23.2 Å². The largest absolute Gasteiger partial charge is 0.465 e. The molecule has 5 nitrogen and oxygen atoms in total. The Kier molecular flexibility index (Phi) is 5.91. The van der Waals surface area contributed by atoms with Crippen LogP contribution in [0.25, 0.3) is 0 Å². The van der Waals surface area contributed by atoms with Crippen LogP contribution in [0.5, 0.6) is 0 Å². The third-order valence-electron chi connectivity index (χ3n) is 3.53. The lowest BCUT2D eigenvalue weighted by Crippen LogP contribution is -2.27. The summed E-state index contributed by atoms with van der Waals surface area (Å²) in [5.74, 6) is 0.398. The highest BCUT2D eigenvalue weighted by atomic mass is 35.5. The van der Waals surface area contributed by atoms with Gasteiger partial charge in [-0.05, 0) is 30.7 Å². The number of furan rings is 1. The first-order valence-electron chi connectivity index (χ1n) is 7.17. The molecule has 1 aromatic carbocycles. The van der Waals surface area contributed by atoms with Gasteiger partial charge in [0, 0.05) is 7.05 Å². The Morgan fingerprint density at radius 3 is 2.54 bits per heavy atom. The molecule has 0 saturated heterocycles. The van der Waals surface area contributed by atoms with Gasteiger partial charge in [0.1, 0.15) is 17.1 Å². The maximum absolute atomic E-state index is 12.3. The van der Waals surface area contributed by atoms with Gasteiger partial charge in [-0.3, -0.25) is 4.79 Å². The summed E-state index contributed by atoms with van der Waals surface area (Å²) in [6, 6.07) is 6.67. The van der Waals surface area contributed by atoms with E-state index >= 15 is 0 Å². The molecule has 1 amide bonds. The fourth-order valence-electron chi connectivity index (χ4n) is 2.22. The average Bonchev–Trinajstić information content (AvgIpc) is 2.90. The van der Waals surface area contributed by atoms with E-state index < -0.39 is 5.97 Å². The Morgan fingerprint density at radius 2 is 1.92 bits per heavy atom. The molecule has 0 atom stereocenters. The molecular formula is C17H17Cl2NO4. The highest BCUT2D eigenvalue weighted by molar-refractivity contribution is 6.42. The lowest BCUT2D eigenvalue weighted by atomic mass is 10.1. The molecule has 1 aromatic heterocycles. The first kappa shape index (κ1) is 18.4. The van der Waals surface area contributed by atoms with Gasteiger partial charge in [0.25, 0.3) is 0 Å². The quantitative estimate of drug-likeness (QED) is 0.750. The number of halogens is 2. The smallest absolute Gasteiger partial charge is 0.341 e. The number of carbonyl (C=O) groups excluding carboxylic acids is 2. The molecule has 0 N–H and O–H groups in total. The van der Waals surface area contributed by atoms with Crippen molar-refractivity contribution in [1.29, 1.82) is 0 Å². The van der Waals surface area contributed by atoms with E-state index in [1.807, 2.05) is 0 Å². The molecule has 1 heterocycles. The van der Waals surface area contributed by atoms with E-state index in [0.29, 0.717) is 27.1 Å². The number of rotatable bonds is 5. The topological polar surface area (TPSA) is 59.8 Å². The number of methoxy groups -OCH3 is 1. The van der Waals surface area contributed by atoms with E-state index in [2.05, 4.69) is 4.74 Å². The Labute approximate surface area is 150 Å². The second-order valence-corrected chi connectivity index (χ2v) is 6.16. The van der Waals surface area contributed by atoms with E-state index in [1.54, 1.807) is 38.2 Å². The van der Waals surface area contributed by atoms with Crippen molar-refractivity contribution in [2.45, 2.75) is 19.9 Å². The molecule has 0 unspecified atom stereocenters. The minimum Gasteiger partial charge on any atom is -0.465 e. The van der Waals surface area contributed by atoms with Crippen molar-refractivity contribution in [2.24, 2.45) is 0 Å². The molecule has 0 aliphatic heterocycles. The van der Waals surface area contributed by atoms with Crippen LogP contribution in [-0.2, 0) is 22.5 Å². The molecule has 0 spiro atoms. The zero-order valence-electron chi connectivity index (χ0n) is 13.6. The van der Waals surface area contributed by atoms with Crippen molar-refractivity contribution >= 4 is 35.1 Å². The Bertz CT molecular complexity index is 770.